The number of carbonyl (C=O) groups is 2. The van der Waals surface area contributed by atoms with Crippen LogP contribution < -0.4 is 16.4 Å². The number of hydrogen-bond donors (Lipinski definition) is 3. The van der Waals surface area contributed by atoms with Gasteiger partial charge in [0.1, 0.15) is 5.03 Å². The van der Waals surface area contributed by atoms with Crippen molar-refractivity contribution in [2.24, 2.45) is 0 Å². The molecular weight excluding hydrogens is 386 g/mol. The largest absolute Gasteiger partial charge is 0.368 e. The van der Waals surface area contributed by atoms with Crippen LogP contribution in [0.4, 0.5) is 5.95 Å². The van der Waals surface area contributed by atoms with E-state index in [1.165, 1.54) is 11.8 Å². The Balaban J connectivity index is 1.96. The number of carbonyl (C=O) groups excluding carboxylic acids is 2. The van der Waals surface area contributed by atoms with Crippen LogP contribution in [0, 0.1) is 13.8 Å². The first kappa shape index (κ1) is 21.1. The van der Waals surface area contributed by atoms with Crippen molar-refractivity contribution in [1.29, 1.82) is 0 Å². The molecule has 3 rings (SSSR count). The third kappa shape index (κ3) is 5.69. The minimum absolute atomic E-state index is 0.0354. The maximum atomic E-state index is 12.7. The van der Waals surface area contributed by atoms with E-state index in [2.05, 4.69) is 20.6 Å². The molecular formula is C21H27N5O2S. The van der Waals surface area contributed by atoms with Gasteiger partial charge in [0.15, 0.2) is 0 Å². The minimum atomic E-state index is -0.0882. The first-order chi connectivity index (χ1) is 13.9. The summed E-state index contributed by atoms with van der Waals surface area (Å²) >= 11 is 1.47. The number of aromatic nitrogens is 2. The lowest BCUT2D eigenvalue weighted by molar-refractivity contribution is -0.120. The van der Waals surface area contributed by atoms with Gasteiger partial charge in [0, 0.05) is 36.4 Å². The van der Waals surface area contributed by atoms with Gasteiger partial charge < -0.3 is 16.4 Å². The number of benzene rings is 1. The Labute approximate surface area is 175 Å². The van der Waals surface area contributed by atoms with Gasteiger partial charge in [-0.05, 0) is 56.4 Å². The normalized spacial score (nSPS) is 16.3. The average molecular weight is 414 g/mol. The van der Waals surface area contributed by atoms with Gasteiger partial charge in [-0.15, -0.1) is 11.8 Å². The zero-order valence-corrected chi connectivity index (χ0v) is 17.7. The first-order valence-electron chi connectivity index (χ1n) is 9.88. The quantitative estimate of drug-likeness (QED) is 0.573. The molecule has 2 aromatic rings. The molecule has 0 saturated heterocycles. The van der Waals surface area contributed by atoms with Crippen molar-refractivity contribution in [1.82, 2.24) is 20.6 Å². The Morgan fingerprint density at radius 3 is 2.45 bits per heavy atom. The molecule has 154 valence electrons. The topological polar surface area (TPSA) is 110 Å². The number of nitrogens with one attached hydrogen (secondary N) is 2. The minimum Gasteiger partial charge on any atom is -0.368 e. The Hall–Kier alpha value is -2.61. The molecule has 1 aromatic heterocycles. The van der Waals surface area contributed by atoms with Crippen molar-refractivity contribution < 1.29 is 9.59 Å². The van der Waals surface area contributed by atoms with E-state index in [1.807, 2.05) is 32.0 Å². The number of nitrogens with two attached hydrogens (primary N) is 1. The lowest BCUT2D eigenvalue weighted by Crippen LogP contribution is -2.26. The van der Waals surface area contributed by atoms with E-state index in [0.29, 0.717) is 41.5 Å². The fourth-order valence-corrected chi connectivity index (χ4v) is 4.17. The number of aryl methyl sites for hydroxylation is 2. The van der Waals surface area contributed by atoms with Gasteiger partial charge in [-0.2, -0.15) is 0 Å². The number of nitrogens with zero attached hydrogens (tertiary/aromatic N) is 2. The lowest BCUT2D eigenvalue weighted by atomic mass is 9.97. The molecule has 0 radical (unpaired) electrons. The van der Waals surface area contributed by atoms with Crippen molar-refractivity contribution >= 4 is 29.5 Å². The number of fused-ring (bicyclic) bond motifs is 5. The van der Waals surface area contributed by atoms with Gasteiger partial charge in [-0.1, -0.05) is 6.07 Å². The van der Waals surface area contributed by atoms with Crippen LogP contribution in [0.25, 0.3) is 11.3 Å². The van der Waals surface area contributed by atoms with Gasteiger partial charge in [0.25, 0.3) is 5.91 Å². The van der Waals surface area contributed by atoms with E-state index < -0.39 is 0 Å². The molecule has 1 aliphatic heterocycles. The van der Waals surface area contributed by atoms with Crippen molar-refractivity contribution in [3.63, 3.8) is 0 Å². The molecule has 2 amide bonds. The second-order valence-corrected chi connectivity index (χ2v) is 8.31. The summed E-state index contributed by atoms with van der Waals surface area (Å²) < 4.78 is 0. The zero-order valence-electron chi connectivity index (χ0n) is 16.9. The molecule has 2 heterocycles. The van der Waals surface area contributed by atoms with Gasteiger partial charge in [-0.25, -0.2) is 9.97 Å². The summed E-state index contributed by atoms with van der Waals surface area (Å²) in [7, 11) is 0. The maximum absolute atomic E-state index is 12.7. The van der Waals surface area contributed by atoms with Crippen LogP contribution in [-0.4, -0.2) is 40.6 Å². The Morgan fingerprint density at radius 2 is 1.66 bits per heavy atom. The molecule has 4 N–H and O–H groups in total. The lowest BCUT2D eigenvalue weighted by Gasteiger charge is -2.14. The predicted molar refractivity (Wildman–Crippen MR) is 116 cm³/mol. The van der Waals surface area contributed by atoms with Crippen LogP contribution in [-0.2, 0) is 4.79 Å². The van der Waals surface area contributed by atoms with E-state index in [1.54, 1.807) is 0 Å². The summed E-state index contributed by atoms with van der Waals surface area (Å²) in [5.74, 6) is 0.736. The second-order valence-electron chi connectivity index (χ2n) is 7.20. The van der Waals surface area contributed by atoms with Crippen molar-refractivity contribution in [3.05, 3.63) is 34.9 Å². The van der Waals surface area contributed by atoms with E-state index in [4.69, 9.17) is 5.73 Å². The molecule has 0 aliphatic carbocycles. The summed E-state index contributed by atoms with van der Waals surface area (Å²) in [6.07, 6.45) is 3.15. The third-order valence-electron chi connectivity index (χ3n) is 4.85. The van der Waals surface area contributed by atoms with Crippen molar-refractivity contribution in [3.8, 4) is 11.3 Å². The second kappa shape index (κ2) is 9.73. The fraction of sp³-hybridized carbons (Fsp3) is 0.429. The smallest absolute Gasteiger partial charge is 0.251 e. The SMILES string of the molecule is Cc1cc(C)c2cc1C(=O)NCCCCCNC(=O)CCSc1cc-2nc(N)n1. The summed E-state index contributed by atoms with van der Waals surface area (Å²) in [6, 6.07) is 5.74. The monoisotopic (exact) mass is 413 g/mol. The van der Waals surface area contributed by atoms with Crippen molar-refractivity contribution in [2.45, 2.75) is 44.6 Å². The van der Waals surface area contributed by atoms with Crippen LogP contribution in [0.3, 0.4) is 0 Å². The first-order valence-corrected chi connectivity index (χ1v) is 10.9. The standard InChI is InChI=1S/C21H27N5O2S/c1-13-10-14(2)16-11-15(13)17-12-19(26-21(22)25-17)29-9-6-18(27)23-7-4-3-5-8-24-20(16)28/h10-12H,3-9H2,1-2H3,(H,23,27)(H,24,28)(H2,22,25,26). The van der Waals surface area contributed by atoms with E-state index >= 15 is 0 Å². The van der Waals surface area contributed by atoms with Crippen LogP contribution >= 0.6 is 11.8 Å². The summed E-state index contributed by atoms with van der Waals surface area (Å²) in [5, 5.41) is 6.65. The Kier molecular flexibility index (Phi) is 7.09. The van der Waals surface area contributed by atoms with E-state index in [0.717, 1.165) is 36.0 Å². The summed E-state index contributed by atoms with van der Waals surface area (Å²) in [4.78, 5) is 33.3. The number of thioether (sulfide) groups is 1. The maximum Gasteiger partial charge on any atom is 0.251 e. The summed E-state index contributed by atoms with van der Waals surface area (Å²) in [6.45, 7) is 5.20. The van der Waals surface area contributed by atoms with Crippen LogP contribution in [0.5, 0.6) is 0 Å². The van der Waals surface area contributed by atoms with Gasteiger partial charge in [0.05, 0.1) is 5.69 Å². The van der Waals surface area contributed by atoms with Crippen LogP contribution in [0.15, 0.2) is 23.2 Å². The summed E-state index contributed by atoms with van der Waals surface area (Å²) in [5.41, 5.74) is 10.1. The highest BCUT2D eigenvalue weighted by molar-refractivity contribution is 7.99. The van der Waals surface area contributed by atoms with Gasteiger partial charge in [-0.3, -0.25) is 9.59 Å². The van der Waals surface area contributed by atoms with Crippen LogP contribution in [0.1, 0.15) is 47.2 Å². The molecule has 4 bridgehead atoms. The number of amides is 2. The molecule has 7 nitrogen and oxygen atoms in total. The number of hydrogen-bond acceptors (Lipinski definition) is 6. The molecule has 29 heavy (non-hydrogen) atoms. The molecule has 0 unspecified atom stereocenters. The molecule has 0 atom stereocenters. The molecule has 1 aliphatic rings. The van der Waals surface area contributed by atoms with E-state index in [9.17, 15) is 9.59 Å². The molecule has 8 heteroatoms. The highest BCUT2D eigenvalue weighted by atomic mass is 32.2. The Morgan fingerprint density at radius 1 is 0.931 bits per heavy atom. The van der Waals surface area contributed by atoms with Gasteiger partial charge >= 0.3 is 0 Å². The molecule has 1 aromatic carbocycles. The number of nitrogen functional groups attached to an aromatic ring is 1. The molecule has 0 fully saturated rings. The van der Waals surface area contributed by atoms with Crippen molar-refractivity contribution in [2.75, 3.05) is 24.6 Å². The predicted octanol–water partition coefficient (Wildman–Crippen LogP) is 2.85. The number of anilines is 1. The third-order valence-corrected chi connectivity index (χ3v) is 5.77. The number of rotatable bonds is 0. The Bertz CT molecular complexity index is 916. The zero-order chi connectivity index (χ0) is 20.8. The highest BCUT2D eigenvalue weighted by Crippen LogP contribution is 2.29. The highest BCUT2D eigenvalue weighted by Gasteiger charge is 2.15. The van der Waals surface area contributed by atoms with Gasteiger partial charge in [0.2, 0.25) is 11.9 Å². The fourth-order valence-electron chi connectivity index (χ4n) is 3.32. The average Bonchev–Trinajstić information content (AvgIpc) is 2.66. The van der Waals surface area contributed by atoms with Crippen LogP contribution in [0.2, 0.25) is 0 Å². The molecule has 0 saturated carbocycles. The van der Waals surface area contributed by atoms with E-state index in [-0.39, 0.29) is 17.8 Å². The molecule has 0 spiro atoms.